The van der Waals surface area contributed by atoms with Gasteiger partial charge in [0, 0.05) is 16.7 Å². The zero-order valence-electron chi connectivity index (χ0n) is 18.3. The third-order valence-corrected chi connectivity index (χ3v) is 4.98. The summed E-state index contributed by atoms with van der Waals surface area (Å²) in [6.45, 7) is 0.260. The Labute approximate surface area is 186 Å². The average molecular weight is 436 g/mol. The number of carbonyl (C=O) groups excluding carboxylic acids is 2. The first-order valence-electron chi connectivity index (χ1n) is 9.74. The number of benzene rings is 3. The lowest BCUT2D eigenvalue weighted by Crippen LogP contribution is -2.05. The van der Waals surface area contributed by atoms with Crippen LogP contribution in [0.5, 0.6) is 28.7 Å². The van der Waals surface area contributed by atoms with Crippen molar-refractivity contribution in [2.45, 2.75) is 6.61 Å². The van der Waals surface area contributed by atoms with E-state index in [0.717, 1.165) is 5.56 Å². The van der Waals surface area contributed by atoms with Crippen LogP contribution in [0, 0.1) is 0 Å². The van der Waals surface area contributed by atoms with E-state index in [1.54, 1.807) is 18.2 Å². The molecule has 3 aromatic carbocycles. The zero-order valence-corrected chi connectivity index (χ0v) is 18.3. The fourth-order valence-electron chi connectivity index (χ4n) is 3.51. The van der Waals surface area contributed by atoms with Crippen LogP contribution in [0.2, 0.25) is 0 Å². The maximum atomic E-state index is 12.2. The lowest BCUT2D eigenvalue weighted by molar-refractivity contribution is 0.111. The van der Waals surface area contributed by atoms with Gasteiger partial charge in [0.05, 0.1) is 34.0 Å². The molecule has 7 heteroatoms. The topological polar surface area (TPSA) is 80.3 Å². The average Bonchev–Trinajstić information content (AvgIpc) is 2.85. The van der Waals surface area contributed by atoms with Gasteiger partial charge < -0.3 is 23.7 Å². The summed E-state index contributed by atoms with van der Waals surface area (Å²) < 4.78 is 28.0. The highest BCUT2D eigenvalue weighted by atomic mass is 16.5. The molecule has 0 aliphatic carbocycles. The third-order valence-electron chi connectivity index (χ3n) is 4.98. The second kappa shape index (κ2) is 10.3. The van der Waals surface area contributed by atoms with Gasteiger partial charge in [0.15, 0.2) is 35.6 Å². The lowest BCUT2D eigenvalue weighted by Gasteiger charge is -2.21. The molecule has 0 aliphatic heterocycles. The Bertz CT molecular complexity index is 1110. The Morgan fingerprint density at radius 1 is 0.719 bits per heavy atom. The standard InChI is InChI=1S/C25H24O7/c1-28-20-11-10-17(13-26)22(24(20)30-3)18-12-21(32-15-16-8-6-5-7-9-16)25(31-4)23(29-2)19(18)14-27/h5-14H,15H2,1-4H3. The summed E-state index contributed by atoms with van der Waals surface area (Å²) in [4.78, 5) is 24.0. The van der Waals surface area contributed by atoms with Crippen LogP contribution < -0.4 is 23.7 Å². The molecular weight excluding hydrogens is 412 g/mol. The lowest BCUT2D eigenvalue weighted by atomic mass is 9.93. The van der Waals surface area contributed by atoms with Crippen molar-refractivity contribution < 1.29 is 33.3 Å². The van der Waals surface area contributed by atoms with Crippen molar-refractivity contribution in [1.29, 1.82) is 0 Å². The van der Waals surface area contributed by atoms with Crippen LogP contribution in [-0.4, -0.2) is 41.0 Å². The van der Waals surface area contributed by atoms with Gasteiger partial charge in [-0.05, 0) is 23.8 Å². The molecular formula is C25H24O7. The summed E-state index contributed by atoms with van der Waals surface area (Å²) >= 11 is 0. The molecule has 0 amide bonds. The highest BCUT2D eigenvalue weighted by Crippen LogP contribution is 2.49. The second-order valence-electron chi connectivity index (χ2n) is 6.68. The molecule has 0 spiro atoms. The van der Waals surface area contributed by atoms with E-state index in [0.29, 0.717) is 46.5 Å². The Hall–Kier alpha value is -4.00. The molecule has 0 aromatic heterocycles. The number of ether oxygens (including phenoxy) is 5. The minimum Gasteiger partial charge on any atom is -0.493 e. The molecule has 0 fully saturated rings. The molecule has 3 rings (SSSR count). The molecule has 3 aromatic rings. The summed E-state index contributed by atoms with van der Waals surface area (Å²) in [5, 5.41) is 0. The summed E-state index contributed by atoms with van der Waals surface area (Å²) in [5.41, 5.74) is 2.22. The normalized spacial score (nSPS) is 10.2. The van der Waals surface area contributed by atoms with Crippen LogP contribution in [0.3, 0.4) is 0 Å². The Morgan fingerprint density at radius 3 is 1.97 bits per heavy atom. The Kier molecular flexibility index (Phi) is 7.33. The van der Waals surface area contributed by atoms with Gasteiger partial charge in [0.1, 0.15) is 6.61 Å². The van der Waals surface area contributed by atoms with Gasteiger partial charge in [-0.3, -0.25) is 9.59 Å². The quantitative estimate of drug-likeness (QED) is 0.430. The van der Waals surface area contributed by atoms with Gasteiger partial charge in [0.25, 0.3) is 0 Å². The highest BCUT2D eigenvalue weighted by molar-refractivity contribution is 6.00. The predicted octanol–water partition coefficient (Wildman–Crippen LogP) is 4.59. The van der Waals surface area contributed by atoms with Crippen molar-refractivity contribution in [3.8, 4) is 39.9 Å². The molecule has 32 heavy (non-hydrogen) atoms. The third kappa shape index (κ3) is 4.23. The van der Waals surface area contributed by atoms with Crippen molar-refractivity contribution in [2.75, 3.05) is 28.4 Å². The fourth-order valence-corrected chi connectivity index (χ4v) is 3.51. The maximum absolute atomic E-state index is 12.2. The molecule has 0 radical (unpaired) electrons. The molecule has 0 N–H and O–H groups in total. The number of methoxy groups -OCH3 is 4. The zero-order chi connectivity index (χ0) is 23.1. The number of aldehydes is 2. The van der Waals surface area contributed by atoms with Crippen LogP contribution in [0.15, 0.2) is 48.5 Å². The smallest absolute Gasteiger partial charge is 0.204 e. The van der Waals surface area contributed by atoms with Crippen LogP contribution in [0.25, 0.3) is 11.1 Å². The van der Waals surface area contributed by atoms with E-state index in [1.165, 1.54) is 28.4 Å². The van der Waals surface area contributed by atoms with Gasteiger partial charge in [-0.15, -0.1) is 0 Å². The molecule has 0 heterocycles. The van der Waals surface area contributed by atoms with Gasteiger partial charge in [-0.25, -0.2) is 0 Å². The molecule has 0 saturated heterocycles. The molecule has 0 atom stereocenters. The van der Waals surface area contributed by atoms with E-state index < -0.39 is 0 Å². The highest BCUT2D eigenvalue weighted by Gasteiger charge is 2.26. The van der Waals surface area contributed by atoms with Crippen molar-refractivity contribution in [3.63, 3.8) is 0 Å². The maximum Gasteiger partial charge on any atom is 0.204 e. The van der Waals surface area contributed by atoms with Crippen molar-refractivity contribution in [1.82, 2.24) is 0 Å². The van der Waals surface area contributed by atoms with Crippen molar-refractivity contribution in [3.05, 3.63) is 65.2 Å². The van der Waals surface area contributed by atoms with Crippen LogP contribution in [0.1, 0.15) is 26.3 Å². The van der Waals surface area contributed by atoms with E-state index in [-0.39, 0.29) is 23.7 Å². The van der Waals surface area contributed by atoms with E-state index in [2.05, 4.69) is 0 Å². The van der Waals surface area contributed by atoms with E-state index >= 15 is 0 Å². The number of hydrogen-bond acceptors (Lipinski definition) is 7. The van der Waals surface area contributed by atoms with E-state index in [4.69, 9.17) is 23.7 Å². The minimum atomic E-state index is 0.185. The molecule has 7 nitrogen and oxygen atoms in total. The molecule has 0 aliphatic rings. The largest absolute Gasteiger partial charge is 0.493 e. The summed E-state index contributed by atoms with van der Waals surface area (Å²) in [6.07, 6.45) is 1.33. The fraction of sp³-hybridized carbons (Fsp3) is 0.200. The first-order valence-corrected chi connectivity index (χ1v) is 9.74. The second-order valence-corrected chi connectivity index (χ2v) is 6.68. The Balaban J connectivity index is 2.28. The van der Waals surface area contributed by atoms with Gasteiger partial charge in [-0.1, -0.05) is 30.3 Å². The first-order chi connectivity index (χ1) is 15.6. The molecule has 0 bridgehead atoms. The molecule has 166 valence electrons. The number of hydrogen-bond donors (Lipinski definition) is 0. The number of carbonyl (C=O) groups is 2. The minimum absolute atomic E-state index is 0.185. The summed E-state index contributed by atoms with van der Waals surface area (Å²) in [7, 11) is 5.85. The molecule has 0 saturated carbocycles. The van der Waals surface area contributed by atoms with Crippen molar-refractivity contribution >= 4 is 12.6 Å². The van der Waals surface area contributed by atoms with Gasteiger partial charge in [-0.2, -0.15) is 0 Å². The summed E-state index contributed by atoms with van der Waals surface area (Å²) in [6, 6.07) is 14.5. The first kappa shape index (κ1) is 22.7. The van der Waals surface area contributed by atoms with Crippen LogP contribution in [0.4, 0.5) is 0 Å². The Morgan fingerprint density at radius 2 is 1.41 bits per heavy atom. The monoisotopic (exact) mass is 436 g/mol. The van der Waals surface area contributed by atoms with Crippen molar-refractivity contribution in [2.24, 2.45) is 0 Å². The van der Waals surface area contributed by atoms with E-state index in [1.807, 2.05) is 30.3 Å². The van der Waals surface area contributed by atoms with Gasteiger partial charge >= 0.3 is 0 Å². The number of rotatable bonds is 10. The van der Waals surface area contributed by atoms with E-state index in [9.17, 15) is 9.59 Å². The van der Waals surface area contributed by atoms with Crippen LogP contribution in [-0.2, 0) is 6.61 Å². The van der Waals surface area contributed by atoms with Crippen LogP contribution >= 0.6 is 0 Å². The molecule has 0 unspecified atom stereocenters. The summed E-state index contributed by atoms with van der Waals surface area (Å²) in [5.74, 6) is 1.51. The SMILES string of the molecule is COc1ccc(C=O)c(-c2cc(OCc3ccccc3)c(OC)c(OC)c2C=O)c1OC. The predicted molar refractivity (Wildman–Crippen MR) is 120 cm³/mol. The van der Waals surface area contributed by atoms with Gasteiger partial charge in [0.2, 0.25) is 5.75 Å².